The van der Waals surface area contributed by atoms with Gasteiger partial charge in [-0.2, -0.15) is 11.8 Å². The van der Waals surface area contributed by atoms with E-state index in [1.165, 1.54) is 23.9 Å². The lowest BCUT2D eigenvalue weighted by Crippen LogP contribution is -2.55. The maximum atomic E-state index is 13.2. The summed E-state index contributed by atoms with van der Waals surface area (Å²) in [5, 5.41) is 5.48. The number of urea groups is 1. The fourth-order valence-corrected chi connectivity index (χ4v) is 5.25. The van der Waals surface area contributed by atoms with Crippen molar-refractivity contribution in [1.82, 2.24) is 14.8 Å². The quantitative estimate of drug-likeness (QED) is 0.577. The van der Waals surface area contributed by atoms with Crippen molar-refractivity contribution in [3.8, 4) is 5.75 Å². The molecule has 1 saturated heterocycles. The lowest BCUT2D eigenvalue weighted by atomic mass is 9.83. The smallest absolute Gasteiger partial charge is 0.406 e. The van der Waals surface area contributed by atoms with E-state index in [9.17, 15) is 27.6 Å². The minimum absolute atomic E-state index is 0.0353. The van der Waals surface area contributed by atoms with Crippen molar-refractivity contribution >= 4 is 29.4 Å². The molecule has 0 aliphatic carbocycles. The summed E-state index contributed by atoms with van der Waals surface area (Å²) in [5.74, 6) is -0.0348. The maximum absolute atomic E-state index is 13.2. The molecule has 36 heavy (non-hydrogen) atoms. The predicted molar refractivity (Wildman–Crippen MR) is 130 cm³/mol. The van der Waals surface area contributed by atoms with E-state index in [-0.39, 0.29) is 29.1 Å². The van der Waals surface area contributed by atoms with E-state index in [1.807, 2.05) is 12.3 Å². The highest BCUT2D eigenvalue weighted by atomic mass is 32.2. The van der Waals surface area contributed by atoms with Gasteiger partial charge in [0, 0.05) is 43.0 Å². The number of alkyl halides is 3. The van der Waals surface area contributed by atoms with E-state index >= 15 is 0 Å². The number of hydrogen-bond donors (Lipinski definition) is 2. The topological polar surface area (TPSA) is 92.7 Å². The van der Waals surface area contributed by atoms with Gasteiger partial charge in [-0.15, -0.1) is 13.2 Å². The number of anilines is 1. The average molecular weight is 525 g/mol. The molecule has 3 atom stereocenters. The van der Waals surface area contributed by atoms with E-state index in [0.29, 0.717) is 31.8 Å². The fourth-order valence-electron chi connectivity index (χ4n) is 4.78. The second-order valence-electron chi connectivity index (χ2n) is 8.95. The van der Waals surface area contributed by atoms with Gasteiger partial charge in [0.15, 0.2) is 0 Å². The number of ether oxygens (including phenoxy) is 1. The van der Waals surface area contributed by atoms with Gasteiger partial charge in [0.05, 0.1) is 0 Å². The number of thioether (sulfide) groups is 1. The normalized spacial score (nSPS) is 19.7. The van der Waals surface area contributed by atoms with Crippen molar-refractivity contribution in [2.45, 2.75) is 37.7 Å². The molecule has 194 valence electrons. The summed E-state index contributed by atoms with van der Waals surface area (Å²) in [6.07, 6.45) is -1.63. The molecule has 3 amide bonds. The van der Waals surface area contributed by atoms with Crippen LogP contribution in [0.15, 0.2) is 47.3 Å². The number of benzene rings is 1. The molecule has 3 heterocycles. The van der Waals surface area contributed by atoms with Crippen molar-refractivity contribution in [3.63, 3.8) is 0 Å². The van der Waals surface area contributed by atoms with E-state index in [0.717, 1.165) is 24.2 Å². The van der Waals surface area contributed by atoms with Gasteiger partial charge < -0.3 is 24.8 Å². The zero-order chi connectivity index (χ0) is 25.9. The summed E-state index contributed by atoms with van der Waals surface area (Å²) in [4.78, 5) is 40.0. The number of pyridine rings is 1. The Kier molecular flexibility index (Phi) is 7.82. The Labute approximate surface area is 210 Å². The molecular weight excluding hydrogens is 497 g/mol. The van der Waals surface area contributed by atoms with Gasteiger partial charge in [-0.1, -0.05) is 6.07 Å². The lowest BCUT2D eigenvalue weighted by molar-refractivity contribution is -0.274. The first-order valence-electron chi connectivity index (χ1n) is 11.5. The van der Waals surface area contributed by atoms with Crippen LogP contribution in [-0.4, -0.2) is 58.9 Å². The van der Waals surface area contributed by atoms with Gasteiger partial charge in [-0.3, -0.25) is 9.59 Å². The van der Waals surface area contributed by atoms with Gasteiger partial charge in [-0.25, -0.2) is 4.79 Å². The molecule has 0 saturated carbocycles. The van der Waals surface area contributed by atoms with Crippen LogP contribution < -0.4 is 20.9 Å². The predicted octanol–water partition coefficient (Wildman–Crippen LogP) is 3.64. The molecule has 2 N–H and O–H groups in total. The van der Waals surface area contributed by atoms with Crippen molar-refractivity contribution in [3.05, 3.63) is 58.5 Å². The summed E-state index contributed by atoms with van der Waals surface area (Å²) in [5.41, 5.74) is 1.17. The van der Waals surface area contributed by atoms with Gasteiger partial charge in [0.25, 0.3) is 5.56 Å². The van der Waals surface area contributed by atoms with E-state index in [4.69, 9.17) is 0 Å². The maximum Gasteiger partial charge on any atom is 0.573 e. The SMILES string of the molecule is CSCC[C@H](NC(=O)N1C[C@@H]2C[C@H](C1)c1cccc(=O)n1C2)C(=O)Nc1ccc(OC(F)(F)F)cc1. The Morgan fingerprint density at radius 3 is 2.58 bits per heavy atom. The number of fused-ring (bicyclic) bond motifs is 4. The third-order valence-corrected chi connectivity index (χ3v) is 6.99. The highest BCUT2D eigenvalue weighted by molar-refractivity contribution is 7.98. The fraction of sp³-hybridized carbons (Fsp3) is 0.458. The van der Waals surface area contributed by atoms with Crippen molar-refractivity contribution in [1.29, 1.82) is 0 Å². The minimum atomic E-state index is -4.80. The summed E-state index contributed by atoms with van der Waals surface area (Å²) in [6, 6.07) is 8.83. The van der Waals surface area contributed by atoms with Crippen molar-refractivity contribution in [2.24, 2.45) is 5.92 Å². The van der Waals surface area contributed by atoms with Gasteiger partial charge in [0.2, 0.25) is 5.91 Å². The minimum Gasteiger partial charge on any atom is -0.406 e. The monoisotopic (exact) mass is 524 g/mol. The first-order chi connectivity index (χ1) is 17.1. The summed E-state index contributed by atoms with van der Waals surface area (Å²) in [7, 11) is 0. The number of nitrogens with zero attached hydrogens (tertiary/aromatic N) is 2. The van der Waals surface area contributed by atoms with Crippen LogP contribution >= 0.6 is 11.8 Å². The van der Waals surface area contributed by atoms with Crippen LogP contribution in [0, 0.1) is 5.92 Å². The number of carbonyl (C=O) groups is 2. The Bertz CT molecular complexity index is 1160. The van der Waals surface area contributed by atoms with E-state index in [2.05, 4.69) is 15.4 Å². The number of nitrogens with one attached hydrogen (secondary N) is 2. The molecule has 4 rings (SSSR count). The summed E-state index contributed by atoms with van der Waals surface area (Å²) < 4.78 is 42.7. The number of amides is 3. The van der Waals surface area contributed by atoms with Crippen LogP contribution in [0.25, 0.3) is 0 Å². The first-order valence-corrected chi connectivity index (χ1v) is 12.9. The van der Waals surface area contributed by atoms with Crippen LogP contribution in [0.2, 0.25) is 0 Å². The number of carbonyl (C=O) groups excluding carboxylic acids is 2. The zero-order valence-electron chi connectivity index (χ0n) is 19.6. The Morgan fingerprint density at radius 1 is 1.14 bits per heavy atom. The Morgan fingerprint density at radius 2 is 1.89 bits per heavy atom. The molecule has 1 aromatic heterocycles. The van der Waals surface area contributed by atoms with Crippen LogP contribution in [0.5, 0.6) is 5.75 Å². The molecule has 2 aromatic rings. The van der Waals surface area contributed by atoms with E-state index in [1.54, 1.807) is 21.6 Å². The number of piperidine rings is 1. The molecule has 0 spiro atoms. The number of likely N-dealkylation sites (tertiary alicyclic amines) is 1. The Hall–Kier alpha value is -3.15. The number of hydrogen-bond acceptors (Lipinski definition) is 5. The second-order valence-corrected chi connectivity index (χ2v) is 9.93. The Balaban J connectivity index is 1.40. The third kappa shape index (κ3) is 6.34. The van der Waals surface area contributed by atoms with Crippen molar-refractivity contribution < 1.29 is 27.5 Å². The highest BCUT2D eigenvalue weighted by Crippen LogP contribution is 2.35. The van der Waals surface area contributed by atoms with Crippen LogP contribution in [-0.2, 0) is 11.3 Å². The summed E-state index contributed by atoms with van der Waals surface area (Å²) >= 11 is 1.53. The number of aromatic nitrogens is 1. The molecule has 8 nitrogen and oxygen atoms in total. The average Bonchev–Trinajstić information content (AvgIpc) is 2.82. The number of halogens is 3. The molecule has 1 aromatic carbocycles. The van der Waals surface area contributed by atoms with Crippen LogP contribution in [0.3, 0.4) is 0 Å². The second kappa shape index (κ2) is 10.9. The molecule has 1 fully saturated rings. The molecule has 2 aliphatic heterocycles. The molecule has 0 unspecified atom stereocenters. The van der Waals surface area contributed by atoms with Crippen molar-refractivity contribution in [2.75, 3.05) is 30.4 Å². The standard InChI is InChI=1S/C24H27F3N4O4S/c1-36-10-9-19(22(33)28-17-5-7-18(8-6-17)35-24(25,26)27)29-23(34)30-12-15-11-16(14-30)20-3-2-4-21(32)31(20)13-15/h2-8,15-16,19H,9-14H2,1H3,(H,28,33)(H,29,34)/t15-,16+,19-/m0/s1. The largest absolute Gasteiger partial charge is 0.573 e. The van der Waals surface area contributed by atoms with Gasteiger partial charge in [-0.05, 0) is 61.1 Å². The number of rotatable bonds is 7. The summed E-state index contributed by atoms with van der Waals surface area (Å²) in [6.45, 7) is 1.49. The lowest BCUT2D eigenvalue weighted by Gasteiger charge is -2.43. The van der Waals surface area contributed by atoms with Gasteiger partial charge >= 0.3 is 12.4 Å². The van der Waals surface area contributed by atoms with Gasteiger partial charge in [0.1, 0.15) is 11.8 Å². The third-order valence-electron chi connectivity index (χ3n) is 6.35. The first kappa shape index (κ1) is 25.9. The highest BCUT2D eigenvalue weighted by Gasteiger charge is 2.37. The van der Waals surface area contributed by atoms with Crippen LogP contribution in [0.4, 0.5) is 23.7 Å². The molecule has 2 aliphatic rings. The van der Waals surface area contributed by atoms with E-state index < -0.39 is 24.1 Å². The zero-order valence-corrected chi connectivity index (χ0v) is 20.4. The molecule has 2 bridgehead atoms. The molecule has 0 radical (unpaired) electrons. The molecular formula is C24H27F3N4O4S. The molecule has 12 heteroatoms. The van der Waals surface area contributed by atoms with Crippen LogP contribution in [0.1, 0.15) is 24.5 Å².